The van der Waals surface area contributed by atoms with E-state index in [4.69, 9.17) is 9.47 Å². The first-order valence-electron chi connectivity index (χ1n) is 5.70. The molecule has 90 valence electrons. The molecular weight excluding hydrogens is 194 g/mol. The summed E-state index contributed by atoms with van der Waals surface area (Å²) in [6.45, 7) is 8.48. The third-order valence-corrected chi connectivity index (χ3v) is 1.90. The van der Waals surface area contributed by atoms with Crippen LogP contribution in [0.2, 0.25) is 0 Å². The lowest BCUT2D eigenvalue weighted by Gasteiger charge is -2.12. The summed E-state index contributed by atoms with van der Waals surface area (Å²) in [5.74, 6) is -0.188. The van der Waals surface area contributed by atoms with Gasteiger partial charge in [0.1, 0.15) is 6.04 Å². The molecule has 0 radical (unpaired) electrons. The molecule has 0 aliphatic heterocycles. The minimum absolute atomic E-state index is 0.188. The van der Waals surface area contributed by atoms with E-state index >= 15 is 0 Å². The summed E-state index contributed by atoms with van der Waals surface area (Å²) >= 11 is 0. The topological polar surface area (TPSA) is 47.6 Å². The second-order valence-electron chi connectivity index (χ2n) is 3.39. The summed E-state index contributed by atoms with van der Waals surface area (Å²) in [6, 6.07) is -0.226. The molecule has 0 saturated heterocycles. The molecular formula is C11H23NO3. The molecule has 0 heterocycles. The van der Waals surface area contributed by atoms with E-state index < -0.39 is 0 Å². The van der Waals surface area contributed by atoms with Gasteiger partial charge in [0.05, 0.1) is 6.61 Å². The average molecular weight is 217 g/mol. The van der Waals surface area contributed by atoms with Crippen LogP contribution >= 0.6 is 0 Å². The first-order chi connectivity index (χ1) is 7.22. The number of carbonyl (C=O) groups excluding carboxylic acids is 1. The predicted octanol–water partition coefficient (Wildman–Crippen LogP) is 1.34. The Kier molecular flexibility index (Phi) is 9.52. The summed E-state index contributed by atoms with van der Waals surface area (Å²) in [7, 11) is 0. The maximum absolute atomic E-state index is 11.2. The molecule has 1 unspecified atom stereocenters. The Hall–Kier alpha value is -0.610. The fraction of sp³-hybridized carbons (Fsp3) is 0.909. The van der Waals surface area contributed by atoms with Crippen LogP contribution in [0.3, 0.4) is 0 Å². The lowest BCUT2D eigenvalue weighted by Crippen LogP contribution is -2.36. The van der Waals surface area contributed by atoms with Crippen LogP contribution in [0.5, 0.6) is 0 Å². The van der Waals surface area contributed by atoms with E-state index in [2.05, 4.69) is 12.2 Å². The number of hydrogen-bond acceptors (Lipinski definition) is 4. The molecule has 0 aliphatic rings. The van der Waals surface area contributed by atoms with Crippen molar-refractivity contribution in [2.24, 2.45) is 0 Å². The van der Waals surface area contributed by atoms with Crippen LogP contribution in [0, 0.1) is 0 Å². The van der Waals surface area contributed by atoms with Crippen molar-refractivity contribution < 1.29 is 14.3 Å². The van der Waals surface area contributed by atoms with Crippen LogP contribution in [0.4, 0.5) is 0 Å². The highest BCUT2D eigenvalue weighted by Crippen LogP contribution is 1.89. The maximum Gasteiger partial charge on any atom is 0.322 e. The molecule has 0 aliphatic carbocycles. The maximum atomic E-state index is 11.2. The third kappa shape index (κ3) is 8.39. The molecule has 0 saturated carbocycles. The Morgan fingerprint density at radius 2 is 2.07 bits per heavy atom. The molecule has 15 heavy (non-hydrogen) atoms. The summed E-state index contributed by atoms with van der Waals surface area (Å²) in [5.41, 5.74) is 0. The highest BCUT2D eigenvalue weighted by Gasteiger charge is 2.11. The van der Waals surface area contributed by atoms with Crippen molar-refractivity contribution in [2.45, 2.75) is 39.7 Å². The van der Waals surface area contributed by atoms with Crippen molar-refractivity contribution in [1.29, 1.82) is 0 Å². The third-order valence-electron chi connectivity index (χ3n) is 1.90. The van der Waals surface area contributed by atoms with Crippen molar-refractivity contribution in [1.82, 2.24) is 5.32 Å². The van der Waals surface area contributed by atoms with Crippen LogP contribution in [-0.2, 0) is 14.3 Å². The largest absolute Gasteiger partial charge is 0.465 e. The monoisotopic (exact) mass is 217 g/mol. The highest BCUT2D eigenvalue weighted by atomic mass is 16.5. The van der Waals surface area contributed by atoms with E-state index in [1.165, 1.54) is 0 Å². The molecule has 0 spiro atoms. The minimum Gasteiger partial charge on any atom is -0.465 e. The fourth-order valence-corrected chi connectivity index (χ4v) is 1.09. The Bertz CT molecular complexity index is 162. The van der Waals surface area contributed by atoms with Gasteiger partial charge in [0, 0.05) is 13.2 Å². The van der Waals surface area contributed by atoms with Crippen molar-refractivity contribution in [2.75, 3.05) is 26.4 Å². The molecule has 0 amide bonds. The fourth-order valence-electron chi connectivity index (χ4n) is 1.09. The lowest BCUT2D eigenvalue weighted by atomic mass is 10.3. The molecule has 4 nitrogen and oxygen atoms in total. The van der Waals surface area contributed by atoms with Gasteiger partial charge in [-0.1, -0.05) is 6.92 Å². The summed E-state index contributed by atoms with van der Waals surface area (Å²) in [6.07, 6.45) is 1.97. The quantitative estimate of drug-likeness (QED) is 0.468. The molecule has 0 aromatic heterocycles. The zero-order chi connectivity index (χ0) is 11.5. The second kappa shape index (κ2) is 9.93. The van der Waals surface area contributed by atoms with Gasteiger partial charge in [-0.05, 0) is 33.2 Å². The number of esters is 1. The van der Waals surface area contributed by atoms with Crippen molar-refractivity contribution in [3.05, 3.63) is 0 Å². The van der Waals surface area contributed by atoms with Gasteiger partial charge < -0.3 is 14.8 Å². The van der Waals surface area contributed by atoms with Crippen LogP contribution in [0.15, 0.2) is 0 Å². The van der Waals surface area contributed by atoms with Gasteiger partial charge in [-0.3, -0.25) is 4.79 Å². The van der Waals surface area contributed by atoms with E-state index in [0.29, 0.717) is 6.61 Å². The number of rotatable bonds is 9. The van der Waals surface area contributed by atoms with E-state index in [-0.39, 0.29) is 12.0 Å². The van der Waals surface area contributed by atoms with Gasteiger partial charge in [-0.2, -0.15) is 0 Å². The number of nitrogens with one attached hydrogen (secondary N) is 1. The normalized spacial score (nSPS) is 12.5. The molecule has 0 aromatic rings. The van der Waals surface area contributed by atoms with E-state index in [1.807, 2.05) is 13.8 Å². The molecule has 0 rings (SSSR count). The molecule has 0 fully saturated rings. The highest BCUT2D eigenvalue weighted by molar-refractivity contribution is 5.75. The average Bonchev–Trinajstić information content (AvgIpc) is 2.23. The summed E-state index contributed by atoms with van der Waals surface area (Å²) in [5, 5.41) is 3.09. The van der Waals surface area contributed by atoms with Gasteiger partial charge in [-0.15, -0.1) is 0 Å². The molecule has 4 heteroatoms. The first kappa shape index (κ1) is 14.4. The van der Waals surface area contributed by atoms with Gasteiger partial charge >= 0.3 is 5.97 Å². The Balaban J connectivity index is 3.30. The Morgan fingerprint density at radius 3 is 2.67 bits per heavy atom. The Morgan fingerprint density at radius 1 is 1.33 bits per heavy atom. The van der Waals surface area contributed by atoms with Crippen LogP contribution < -0.4 is 5.32 Å². The molecule has 1 atom stereocenters. The van der Waals surface area contributed by atoms with Gasteiger partial charge in [-0.25, -0.2) is 0 Å². The van der Waals surface area contributed by atoms with E-state index in [9.17, 15) is 4.79 Å². The minimum atomic E-state index is -0.226. The number of ether oxygens (including phenoxy) is 2. The SMILES string of the molecule is CCCOCCCNC(C)C(=O)OCC. The van der Waals surface area contributed by atoms with Crippen molar-refractivity contribution in [3.63, 3.8) is 0 Å². The smallest absolute Gasteiger partial charge is 0.322 e. The zero-order valence-corrected chi connectivity index (χ0v) is 10.0. The van der Waals surface area contributed by atoms with Crippen LogP contribution in [0.1, 0.15) is 33.6 Å². The van der Waals surface area contributed by atoms with Crippen molar-refractivity contribution >= 4 is 5.97 Å². The van der Waals surface area contributed by atoms with Gasteiger partial charge in [0.2, 0.25) is 0 Å². The standard InChI is InChI=1S/C11H23NO3/c1-4-8-14-9-6-7-12-10(3)11(13)15-5-2/h10,12H,4-9H2,1-3H3. The van der Waals surface area contributed by atoms with E-state index in [1.54, 1.807) is 0 Å². The Labute approximate surface area is 92.3 Å². The second-order valence-corrected chi connectivity index (χ2v) is 3.39. The lowest BCUT2D eigenvalue weighted by molar-refractivity contribution is -0.145. The van der Waals surface area contributed by atoms with E-state index in [0.717, 1.165) is 32.6 Å². The zero-order valence-electron chi connectivity index (χ0n) is 10.0. The molecule has 1 N–H and O–H groups in total. The predicted molar refractivity (Wildman–Crippen MR) is 59.8 cm³/mol. The van der Waals surface area contributed by atoms with Gasteiger partial charge in [0.25, 0.3) is 0 Å². The number of hydrogen-bond donors (Lipinski definition) is 1. The molecule has 0 aromatic carbocycles. The first-order valence-corrected chi connectivity index (χ1v) is 5.70. The summed E-state index contributed by atoms with van der Waals surface area (Å²) in [4.78, 5) is 11.2. The summed E-state index contributed by atoms with van der Waals surface area (Å²) < 4.78 is 10.2. The van der Waals surface area contributed by atoms with Gasteiger partial charge in [0.15, 0.2) is 0 Å². The molecule has 0 bridgehead atoms. The van der Waals surface area contributed by atoms with Crippen molar-refractivity contribution in [3.8, 4) is 0 Å². The van der Waals surface area contributed by atoms with Crippen LogP contribution in [0.25, 0.3) is 0 Å². The number of carbonyl (C=O) groups is 1. The van der Waals surface area contributed by atoms with Crippen LogP contribution in [-0.4, -0.2) is 38.4 Å².